The van der Waals surface area contributed by atoms with E-state index in [1.54, 1.807) is 28.8 Å². The second kappa shape index (κ2) is 8.23. The van der Waals surface area contributed by atoms with Crippen LogP contribution < -0.4 is 15.8 Å². The number of aromatic nitrogens is 4. The summed E-state index contributed by atoms with van der Waals surface area (Å²) in [4.78, 5) is 17.4. The Morgan fingerprint density at radius 3 is 2.41 bits per heavy atom. The van der Waals surface area contributed by atoms with E-state index in [0.717, 1.165) is 11.3 Å². The van der Waals surface area contributed by atoms with Crippen LogP contribution in [0.2, 0.25) is 0 Å². The number of nitrogens with two attached hydrogens (primary N) is 1. The summed E-state index contributed by atoms with van der Waals surface area (Å²) in [5.41, 5.74) is 8.26. The fourth-order valence-electron chi connectivity index (χ4n) is 3.34. The van der Waals surface area contributed by atoms with Crippen LogP contribution in [-0.2, 0) is 11.3 Å². The second-order valence-corrected chi connectivity index (χ2v) is 7.00. The molecular formula is C23H18N6O3. The number of benzene rings is 3. The van der Waals surface area contributed by atoms with Gasteiger partial charge in [0.1, 0.15) is 18.0 Å². The Balaban J connectivity index is 1.35. The van der Waals surface area contributed by atoms with E-state index >= 15 is 0 Å². The zero-order valence-electron chi connectivity index (χ0n) is 16.8. The average molecular weight is 426 g/mol. The first kappa shape index (κ1) is 19.3. The van der Waals surface area contributed by atoms with Gasteiger partial charge in [-0.3, -0.25) is 4.79 Å². The van der Waals surface area contributed by atoms with Gasteiger partial charge in [0.15, 0.2) is 17.3 Å². The van der Waals surface area contributed by atoms with Crippen molar-refractivity contribution in [2.75, 3.05) is 11.1 Å². The Morgan fingerprint density at radius 1 is 0.938 bits per heavy atom. The van der Waals surface area contributed by atoms with Crippen LogP contribution in [0.1, 0.15) is 0 Å². The minimum Gasteiger partial charge on any atom is -0.457 e. The molecule has 2 heterocycles. The maximum absolute atomic E-state index is 12.8. The normalized spacial score (nSPS) is 10.9. The molecule has 0 aliphatic heterocycles. The van der Waals surface area contributed by atoms with Crippen LogP contribution in [0, 0.1) is 0 Å². The van der Waals surface area contributed by atoms with Crippen molar-refractivity contribution in [3.05, 3.63) is 78.9 Å². The summed E-state index contributed by atoms with van der Waals surface area (Å²) in [5, 5.41) is 10.3. The highest BCUT2D eigenvalue weighted by Gasteiger charge is 2.20. The SMILES string of the molecule is Nc1nonc1-c1nc2ccccc2n1CC(=O)Nc1ccc(Oc2ccccc2)cc1. The summed E-state index contributed by atoms with van der Waals surface area (Å²) in [7, 11) is 0. The van der Waals surface area contributed by atoms with Gasteiger partial charge in [0.25, 0.3) is 0 Å². The number of anilines is 2. The van der Waals surface area contributed by atoms with Gasteiger partial charge >= 0.3 is 0 Å². The van der Waals surface area contributed by atoms with Gasteiger partial charge in [-0.2, -0.15) is 0 Å². The minimum atomic E-state index is -0.235. The van der Waals surface area contributed by atoms with Crippen molar-refractivity contribution in [3.8, 4) is 23.0 Å². The highest BCUT2D eigenvalue weighted by Crippen LogP contribution is 2.27. The van der Waals surface area contributed by atoms with Crippen molar-refractivity contribution in [2.24, 2.45) is 0 Å². The minimum absolute atomic E-state index is 0.00438. The Bertz CT molecular complexity index is 1380. The lowest BCUT2D eigenvalue weighted by Crippen LogP contribution is -2.19. The molecule has 0 spiro atoms. The highest BCUT2D eigenvalue weighted by molar-refractivity contribution is 5.92. The van der Waals surface area contributed by atoms with Gasteiger partial charge in [-0.15, -0.1) is 0 Å². The van der Waals surface area contributed by atoms with Gasteiger partial charge in [0.2, 0.25) is 5.91 Å². The molecular weight excluding hydrogens is 408 g/mol. The van der Waals surface area contributed by atoms with Crippen molar-refractivity contribution >= 4 is 28.4 Å². The van der Waals surface area contributed by atoms with Gasteiger partial charge in [-0.05, 0) is 58.8 Å². The van der Waals surface area contributed by atoms with E-state index in [0.29, 0.717) is 22.8 Å². The van der Waals surface area contributed by atoms with Gasteiger partial charge in [0, 0.05) is 5.69 Å². The Morgan fingerprint density at radius 2 is 1.66 bits per heavy atom. The van der Waals surface area contributed by atoms with Crippen LogP contribution >= 0.6 is 0 Å². The van der Waals surface area contributed by atoms with Crippen molar-refractivity contribution in [2.45, 2.75) is 6.54 Å². The summed E-state index contributed by atoms with van der Waals surface area (Å²) in [6.07, 6.45) is 0. The Kier molecular flexibility index (Phi) is 4.97. The predicted octanol–water partition coefficient (Wildman–Crippen LogP) is 4.10. The Hall–Kier alpha value is -4.66. The van der Waals surface area contributed by atoms with E-state index in [1.165, 1.54) is 0 Å². The smallest absolute Gasteiger partial charge is 0.244 e. The standard InChI is InChI=1S/C23H18N6O3/c24-22-21(27-32-28-22)23-26-18-8-4-5-9-19(18)29(23)14-20(30)25-15-10-12-17(13-11-15)31-16-6-2-1-3-7-16/h1-13H,14H2,(H2,24,28)(H,25,30). The summed E-state index contributed by atoms with van der Waals surface area (Å²) >= 11 is 0. The number of carbonyl (C=O) groups excluding carboxylic acids is 1. The van der Waals surface area contributed by atoms with Crippen LogP contribution in [0.3, 0.4) is 0 Å². The van der Waals surface area contributed by atoms with Crippen LogP contribution in [-0.4, -0.2) is 25.8 Å². The van der Waals surface area contributed by atoms with Crippen LogP contribution in [0.15, 0.2) is 83.5 Å². The number of hydrogen-bond donors (Lipinski definition) is 2. The monoisotopic (exact) mass is 426 g/mol. The van der Waals surface area contributed by atoms with Crippen LogP contribution in [0.5, 0.6) is 11.5 Å². The number of nitrogens with one attached hydrogen (secondary N) is 1. The number of nitrogen functional groups attached to an aromatic ring is 1. The number of imidazole rings is 1. The molecule has 32 heavy (non-hydrogen) atoms. The maximum atomic E-state index is 12.8. The number of hydrogen-bond acceptors (Lipinski definition) is 7. The molecule has 158 valence electrons. The molecule has 0 aliphatic carbocycles. The van der Waals surface area contributed by atoms with Crippen molar-refractivity contribution in [3.63, 3.8) is 0 Å². The third-order valence-electron chi connectivity index (χ3n) is 4.80. The molecule has 3 N–H and O–H groups in total. The zero-order chi connectivity index (χ0) is 21.9. The highest BCUT2D eigenvalue weighted by atomic mass is 16.6. The van der Waals surface area contributed by atoms with E-state index < -0.39 is 0 Å². The lowest BCUT2D eigenvalue weighted by molar-refractivity contribution is -0.116. The molecule has 0 radical (unpaired) electrons. The lowest BCUT2D eigenvalue weighted by atomic mass is 10.3. The summed E-state index contributed by atoms with van der Waals surface area (Å²) in [6.45, 7) is 0.00438. The molecule has 0 atom stereocenters. The number of amides is 1. The number of fused-ring (bicyclic) bond motifs is 1. The van der Waals surface area contributed by atoms with E-state index in [1.807, 2.05) is 54.6 Å². The van der Waals surface area contributed by atoms with Gasteiger partial charge in [-0.25, -0.2) is 9.61 Å². The number of nitrogens with zero attached hydrogens (tertiary/aromatic N) is 4. The van der Waals surface area contributed by atoms with E-state index in [-0.39, 0.29) is 24.0 Å². The van der Waals surface area contributed by atoms with Gasteiger partial charge in [0.05, 0.1) is 11.0 Å². The third-order valence-corrected chi connectivity index (χ3v) is 4.80. The molecule has 0 aliphatic rings. The molecule has 1 amide bonds. The fourth-order valence-corrected chi connectivity index (χ4v) is 3.34. The van der Waals surface area contributed by atoms with Crippen molar-refractivity contribution in [1.29, 1.82) is 0 Å². The first-order chi connectivity index (χ1) is 15.7. The molecule has 3 aromatic carbocycles. The zero-order valence-corrected chi connectivity index (χ0v) is 16.8. The average Bonchev–Trinajstić information content (AvgIpc) is 3.39. The van der Waals surface area contributed by atoms with E-state index in [2.05, 4.69) is 20.6 Å². The first-order valence-electron chi connectivity index (χ1n) is 9.84. The van der Waals surface area contributed by atoms with Crippen molar-refractivity contribution < 1.29 is 14.2 Å². The first-order valence-corrected chi connectivity index (χ1v) is 9.84. The molecule has 5 aromatic rings. The molecule has 0 unspecified atom stereocenters. The summed E-state index contributed by atoms with van der Waals surface area (Å²) in [6, 6.07) is 24.1. The molecule has 9 heteroatoms. The molecule has 0 saturated carbocycles. The van der Waals surface area contributed by atoms with Crippen molar-refractivity contribution in [1.82, 2.24) is 19.9 Å². The van der Waals surface area contributed by atoms with E-state index in [4.69, 9.17) is 15.1 Å². The molecule has 9 nitrogen and oxygen atoms in total. The van der Waals surface area contributed by atoms with Crippen LogP contribution in [0.25, 0.3) is 22.6 Å². The number of carbonyl (C=O) groups is 1. The molecule has 0 bridgehead atoms. The largest absolute Gasteiger partial charge is 0.457 e. The van der Waals surface area contributed by atoms with Gasteiger partial charge in [-0.1, -0.05) is 30.3 Å². The topological polar surface area (TPSA) is 121 Å². The van der Waals surface area contributed by atoms with E-state index in [9.17, 15) is 4.79 Å². The fraction of sp³-hybridized carbons (Fsp3) is 0.0435. The molecule has 0 fully saturated rings. The second-order valence-electron chi connectivity index (χ2n) is 7.00. The quantitative estimate of drug-likeness (QED) is 0.419. The molecule has 0 saturated heterocycles. The third kappa shape index (κ3) is 3.86. The molecule has 5 rings (SSSR count). The predicted molar refractivity (Wildman–Crippen MR) is 119 cm³/mol. The molecule has 2 aromatic heterocycles. The lowest BCUT2D eigenvalue weighted by Gasteiger charge is -2.10. The number of rotatable bonds is 6. The summed E-state index contributed by atoms with van der Waals surface area (Å²) < 4.78 is 12.2. The number of ether oxygens (including phenoxy) is 1. The summed E-state index contributed by atoms with van der Waals surface area (Å²) in [5.74, 6) is 1.69. The van der Waals surface area contributed by atoms with Gasteiger partial charge < -0.3 is 20.4 Å². The Labute approximate surface area is 182 Å². The maximum Gasteiger partial charge on any atom is 0.244 e. The van der Waals surface area contributed by atoms with Crippen LogP contribution in [0.4, 0.5) is 11.5 Å². The number of para-hydroxylation sites is 3.